The number of ether oxygens (including phenoxy) is 1. The number of nitrogens with one attached hydrogen (secondary N) is 1. The minimum absolute atomic E-state index is 0.125. The quantitative estimate of drug-likeness (QED) is 0.786. The number of azo groups is 1. The molecule has 1 saturated carbocycles. The summed E-state index contributed by atoms with van der Waals surface area (Å²) < 4.78 is 5.16. The third-order valence-corrected chi connectivity index (χ3v) is 2.90. The summed E-state index contributed by atoms with van der Waals surface area (Å²) in [5.41, 5.74) is -0.800. The van der Waals surface area contributed by atoms with Crippen molar-refractivity contribution in [3.8, 4) is 0 Å². The summed E-state index contributed by atoms with van der Waals surface area (Å²) in [5, 5.41) is 11.7. The topological polar surface area (TPSA) is 63.0 Å². The normalized spacial score (nSPS) is 19.7. The molecule has 0 bridgehead atoms. The van der Waals surface area contributed by atoms with E-state index in [2.05, 4.69) is 15.5 Å². The van der Waals surface area contributed by atoms with E-state index in [1.807, 2.05) is 34.6 Å². The summed E-state index contributed by atoms with van der Waals surface area (Å²) in [6, 6.07) is 0. The molecule has 0 aromatic carbocycles. The van der Waals surface area contributed by atoms with Gasteiger partial charge in [0, 0.05) is 0 Å². The van der Waals surface area contributed by atoms with Crippen LogP contribution in [0.1, 0.15) is 66.7 Å². The van der Waals surface area contributed by atoms with Crippen molar-refractivity contribution in [2.45, 2.75) is 84.0 Å². The van der Waals surface area contributed by atoms with Crippen LogP contribution >= 0.6 is 0 Å². The van der Waals surface area contributed by atoms with Crippen LogP contribution in [0.2, 0.25) is 0 Å². The number of hydrogen-bond donors (Lipinski definition) is 1. The Labute approximate surface area is 116 Å². The zero-order chi connectivity index (χ0) is 14.5. The Balaban J connectivity index is 2.75. The Morgan fingerprint density at radius 1 is 1.21 bits per heavy atom. The molecule has 0 aromatic heterocycles. The van der Waals surface area contributed by atoms with Gasteiger partial charge in [-0.25, -0.2) is 4.79 Å². The fourth-order valence-corrected chi connectivity index (χ4v) is 2.07. The number of amides is 1. The van der Waals surface area contributed by atoms with Gasteiger partial charge in [0.15, 0.2) is 5.66 Å². The van der Waals surface area contributed by atoms with Crippen molar-refractivity contribution in [2.24, 2.45) is 10.2 Å². The molecule has 0 unspecified atom stereocenters. The van der Waals surface area contributed by atoms with Crippen LogP contribution in [0, 0.1) is 0 Å². The molecule has 0 heterocycles. The Morgan fingerprint density at radius 3 is 2.26 bits per heavy atom. The van der Waals surface area contributed by atoms with Gasteiger partial charge in [-0.1, -0.05) is 6.42 Å². The summed E-state index contributed by atoms with van der Waals surface area (Å²) in [6.07, 6.45) is 4.45. The monoisotopic (exact) mass is 269 g/mol. The molecule has 5 nitrogen and oxygen atoms in total. The van der Waals surface area contributed by atoms with Gasteiger partial charge in [0.2, 0.25) is 0 Å². The molecule has 19 heavy (non-hydrogen) atoms. The summed E-state index contributed by atoms with van der Waals surface area (Å²) in [6.45, 7) is 9.67. The first-order chi connectivity index (χ1) is 8.72. The predicted octanol–water partition coefficient (Wildman–Crippen LogP) is 4.03. The van der Waals surface area contributed by atoms with Gasteiger partial charge in [-0.3, -0.25) is 5.32 Å². The summed E-state index contributed by atoms with van der Waals surface area (Å²) in [5.74, 6) is 0. The van der Waals surface area contributed by atoms with Crippen LogP contribution in [0.25, 0.3) is 0 Å². The van der Waals surface area contributed by atoms with E-state index in [-0.39, 0.29) is 11.6 Å². The van der Waals surface area contributed by atoms with Gasteiger partial charge >= 0.3 is 6.09 Å². The van der Waals surface area contributed by atoms with E-state index in [4.69, 9.17) is 4.74 Å². The number of rotatable bonds is 3. The zero-order valence-corrected chi connectivity index (χ0v) is 12.8. The number of nitrogens with zero attached hydrogens (tertiary/aromatic N) is 2. The lowest BCUT2D eigenvalue weighted by Gasteiger charge is -2.33. The smallest absolute Gasteiger partial charge is 0.409 e. The van der Waals surface area contributed by atoms with E-state index < -0.39 is 11.8 Å². The third-order valence-electron chi connectivity index (χ3n) is 2.90. The van der Waals surface area contributed by atoms with E-state index in [0.29, 0.717) is 0 Å². The van der Waals surface area contributed by atoms with Crippen molar-refractivity contribution in [1.29, 1.82) is 0 Å². The minimum atomic E-state index is -0.572. The van der Waals surface area contributed by atoms with E-state index in [9.17, 15) is 4.79 Å². The summed E-state index contributed by atoms with van der Waals surface area (Å²) >= 11 is 0. The van der Waals surface area contributed by atoms with Crippen LogP contribution in [0.4, 0.5) is 4.79 Å². The molecule has 1 fully saturated rings. The standard InChI is InChI=1S/C14H27N3O2/c1-11(2)19-12(18)15-14(9-7-6-8-10-14)17-16-13(3,4)5/h11H,6-10H2,1-5H3,(H,15,18)/b17-16+. The van der Waals surface area contributed by atoms with Gasteiger partial charge in [0.05, 0.1) is 11.6 Å². The molecule has 1 aliphatic carbocycles. The second-order valence-electron chi connectivity index (χ2n) is 6.54. The molecular formula is C14H27N3O2. The van der Waals surface area contributed by atoms with E-state index in [0.717, 1.165) is 25.7 Å². The van der Waals surface area contributed by atoms with Gasteiger partial charge in [-0.05, 0) is 60.3 Å². The van der Waals surface area contributed by atoms with Crippen LogP contribution in [-0.2, 0) is 4.74 Å². The minimum Gasteiger partial charge on any atom is -0.447 e. The Kier molecular flexibility index (Phi) is 5.32. The Morgan fingerprint density at radius 2 is 1.79 bits per heavy atom. The van der Waals surface area contributed by atoms with Gasteiger partial charge in [0.25, 0.3) is 0 Å². The molecule has 1 rings (SSSR count). The third kappa shape index (κ3) is 6.03. The fourth-order valence-electron chi connectivity index (χ4n) is 2.07. The first kappa shape index (κ1) is 15.9. The molecule has 1 aliphatic rings. The van der Waals surface area contributed by atoms with Crippen LogP contribution in [0.5, 0.6) is 0 Å². The highest BCUT2D eigenvalue weighted by atomic mass is 16.6. The molecule has 0 aromatic rings. The second kappa shape index (κ2) is 6.35. The van der Waals surface area contributed by atoms with E-state index >= 15 is 0 Å². The average molecular weight is 269 g/mol. The number of carbonyl (C=O) groups is 1. The fraction of sp³-hybridized carbons (Fsp3) is 0.929. The SMILES string of the molecule is CC(C)OC(=O)NC1(/N=N/C(C)(C)C)CCCCC1. The van der Waals surface area contributed by atoms with Crippen molar-refractivity contribution in [2.75, 3.05) is 0 Å². The van der Waals surface area contributed by atoms with Crippen molar-refractivity contribution < 1.29 is 9.53 Å². The summed E-state index contributed by atoms with van der Waals surface area (Å²) in [7, 11) is 0. The van der Waals surface area contributed by atoms with Crippen LogP contribution in [0.3, 0.4) is 0 Å². The molecular weight excluding hydrogens is 242 g/mol. The first-order valence-electron chi connectivity index (χ1n) is 7.15. The van der Waals surface area contributed by atoms with Gasteiger partial charge < -0.3 is 4.74 Å². The lowest BCUT2D eigenvalue weighted by Crippen LogP contribution is -2.49. The maximum Gasteiger partial charge on any atom is 0.409 e. The van der Waals surface area contributed by atoms with Crippen molar-refractivity contribution in [3.05, 3.63) is 0 Å². The van der Waals surface area contributed by atoms with Crippen LogP contribution < -0.4 is 5.32 Å². The molecule has 0 atom stereocenters. The summed E-state index contributed by atoms with van der Waals surface area (Å²) in [4.78, 5) is 11.8. The lowest BCUT2D eigenvalue weighted by molar-refractivity contribution is 0.0968. The Hall–Kier alpha value is -1.13. The second-order valence-corrected chi connectivity index (χ2v) is 6.54. The number of hydrogen-bond acceptors (Lipinski definition) is 4. The van der Waals surface area contributed by atoms with Gasteiger partial charge in [0.1, 0.15) is 0 Å². The van der Waals surface area contributed by atoms with Crippen molar-refractivity contribution in [3.63, 3.8) is 0 Å². The molecule has 0 saturated heterocycles. The molecule has 110 valence electrons. The van der Waals surface area contributed by atoms with Crippen molar-refractivity contribution in [1.82, 2.24) is 5.32 Å². The Bertz CT molecular complexity index is 326. The van der Waals surface area contributed by atoms with Crippen LogP contribution in [-0.4, -0.2) is 23.4 Å². The van der Waals surface area contributed by atoms with Crippen molar-refractivity contribution >= 4 is 6.09 Å². The van der Waals surface area contributed by atoms with E-state index in [1.165, 1.54) is 6.42 Å². The molecule has 1 N–H and O–H groups in total. The molecule has 0 aliphatic heterocycles. The molecule has 0 spiro atoms. The van der Waals surface area contributed by atoms with E-state index in [1.54, 1.807) is 0 Å². The highest BCUT2D eigenvalue weighted by Gasteiger charge is 2.35. The molecule has 1 amide bonds. The average Bonchev–Trinajstić information content (AvgIpc) is 2.25. The van der Waals surface area contributed by atoms with Gasteiger partial charge in [-0.2, -0.15) is 10.2 Å². The maximum absolute atomic E-state index is 11.8. The van der Waals surface area contributed by atoms with Gasteiger partial charge in [-0.15, -0.1) is 0 Å². The first-order valence-corrected chi connectivity index (χ1v) is 7.15. The zero-order valence-electron chi connectivity index (χ0n) is 12.8. The highest BCUT2D eigenvalue weighted by molar-refractivity contribution is 5.68. The number of alkyl carbamates (subject to hydrolysis) is 1. The van der Waals surface area contributed by atoms with Crippen LogP contribution in [0.15, 0.2) is 10.2 Å². The largest absolute Gasteiger partial charge is 0.447 e. The predicted molar refractivity (Wildman–Crippen MR) is 75.2 cm³/mol. The highest BCUT2D eigenvalue weighted by Crippen LogP contribution is 2.30. The molecule has 0 radical (unpaired) electrons. The molecule has 5 heteroatoms. The number of carbonyl (C=O) groups excluding carboxylic acids is 1. The maximum atomic E-state index is 11.8. The lowest BCUT2D eigenvalue weighted by atomic mass is 9.90.